The second-order valence-electron chi connectivity index (χ2n) is 7.29. The molecule has 1 amide bonds. The van der Waals surface area contributed by atoms with E-state index >= 15 is 0 Å². The number of nitrogens with two attached hydrogens (primary N) is 1. The molecule has 1 aromatic carbocycles. The maximum atomic E-state index is 11.4. The van der Waals surface area contributed by atoms with E-state index in [1.165, 1.54) is 31.1 Å². The Balaban J connectivity index is 1.46. The molecule has 0 saturated carbocycles. The number of primary amides is 1. The summed E-state index contributed by atoms with van der Waals surface area (Å²) in [6, 6.07) is 11.3. The Morgan fingerprint density at radius 1 is 1.15 bits per heavy atom. The highest BCUT2D eigenvalue weighted by molar-refractivity contribution is 5.90. The van der Waals surface area contributed by atoms with Crippen LogP contribution >= 0.6 is 0 Å². The summed E-state index contributed by atoms with van der Waals surface area (Å²) in [5, 5.41) is 0. The lowest BCUT2D eigenvalue weighted by Gasteiger charge is -2.47. The lowest BCUT2D eigenvalue weighted by atomic mass is 9.83. The van der Waals surface area contributed by atoms with Gasteiger partial charge < -0.3 is 10.6 Å². The smallest absolute Gasteiger partial charge is 0.268 e. The first-order valence-corrected chi connectivity index (χ1v) is 9.35. The number of nitrogens with zero attached hydrogens (tertiary/aromatic N) is 4. The normalized spacial score (nSPS) is 23.5. The van der Waals surface area contributed by atoms with Crippen molar-refractivity contribution in [3.05, 3.63) is 54.0 Å². The number of hydrogen-bond acceptors (Lipinski definition) is 5. The van der Waals surface area contributed by atoms with E-state index in [1.807, 2.05) is 0 Å². The van der Waals surface area contributed by atoms with Crippen molar-refractivity contribution in [2.24, 2.45) is 11.7 Å². The summed E-state index contributed by atoms with van der Waals surface area (Å²) < 4.78 is 0. The minimum absolute atomic E-state index is 0.235. The maximum Gasteiger partial charge on any atom is 0.268 e. The van der Waals surface area contributed by atoms with Crippen LogP contribution in [0.3, 0.4) is 0 Å². The molecule has 136 valence electrons. The molecule has 2 saturated heterocycles. The van der Waals surface area contributed by atoms with Gasteiger partial charge in [-0.2, -0.15) is 0 Å². The average Bonchev–Trinajstić information content (AvgIpc) is 2.69. The Bertz CT molecular complexity index is 766. The predicted octanol–water partition coefficient (Wildman–Crippen LogP) is 2.07. The van der Waals surface area contributed by atoms with Crippen LogP contribution in [0.1, 0.15) is 35.3 Å². The minimum Gasteiger partial charge on any atom is -0.364 e. The van der Waals surface area contributed by atoms with E-state index in [1.54, 1.807) is 6.20 Å². The van der Waals surface area contributed by atoms with Crippen LogP contribution in [-0.2, 0) is 6.54 Å². The zero-order valence-corrected chi connectivity index (χ0v) is 14.9. The molecule has 2 aliphatic rings. The molecule has 2 unspecified atom stereocenters. The second kappa shape index (κ2) is 7.41. The second-order valence-corrected chi connectivity index (χ2v) is 7.29. The van der Waals surface area contributed by atoms with Crippen molar-refractivity contribution in [1.29, 1.82) is 0 Å². The van der Waals surface area contributed by atoms with E-state index in [0.29, 0.717) is 12.0 Å². The Labute approximate surface area is 154 Å². The monoisotopic (exact) mass is 351 g/mol. The van der Waals surface area contributed by atoms with Crippen molar-refractivity contribution in [3.63, 3.8) is 0 Å². The molecule has 0 radical (unpaired) electrons. The van der Waals surface area contributed by atoms with E-state index in [4.69, 9.17) is 5.73 Å². The van der Waals surface area contributed by atoms with Gasteiger partial charge in [0.2, 0.25) is 0 Å². The number of amides is 1. The first kappa shape index (κ1) is 17.0. The Morgan fingerprint density at radius 2 is 2.00 bits per heavy atom. The molecule has 2 N–H and O–H groups in total. The quantitative estimate of drug-likeness (QED) is 0.913. The topological polar surface area (TPSA) is 75.4 Å². The van der Waals surface area contributed by atoms with Gasteiger partial charge in [0.1, 0.15) is 11.5 Å². The van der Waals surface area contributed by atoms with Crippen LogP contribution in [0.25, 0.3) is 0 Å². The van der Waals surface area contributed by atoms with Crippen LogP contribution in [0.5, 0.6) is 0 Å². The summed E-state index contributed by atoms with van der Waals surface area (Å²) in [6.07, 6.45) is 6.75. The molecular formula is C20H25N5O. The minimum atomic E-state index is -0.527. The third-order valence-electron chi connectivity index (χ3n) is 5.61. The zero-order valence-electron chi connectivity index (χ0n) is 14.9. The van der Waals surface area contributed by atoms with E-state index < -0.39 is 5.91 Å². The van der Waals surface area contributed by atoms with Gasteiger partial charge in [-0.25, -0.2) is 4.98 Å². The van der Waals surface area contributed by atoms with Gasteiger partial charge in [0.15, 0.2) is 0 Å². The molecule has 2 fully saturated rings. The van der Waals surface area contributed by atoms with Crippen LogP contribution in [-0.4, -0.2) is 46.5 Å². The number of likely N-dealkylation sites (tertiary alicyclic amines) is 1. The van der Waals surface area contributed by atoms with Gasteiger partial charge in [0, 0.05) is 25.7 Å². The number of aromatic nitrogens is 2. The van der Waals surface area contributed by atoms with Crippen molar-refractivity contribution in [2.45, 2.75) is 31.8 Å². The van der Waals surface area contributed by atoms with Crippen LogP contribution in [0, 0.1) is 5.92 Å². The van der Waals surface area contributed by atoms with Crippen molar-refractivity contribution in [3.8, 4) is 0 Å². The van der Waals surface area contributed by atoms with Gasteiger partial charge in [-0.15, -0.1) is 0 Å². The predicted molar refractivity (Wildman–Crippen MR) is 101 cm³/mol. The summed E-state index contributed by atoms with van der Waals surface area (Å²) in [6.45, 7) is 4.10. The Kier molecular flexibility index (Phi) is 4.84. The summed E-state index contributed by atoms with van der Waals surface area (Å²) in [5.41, 5.74) is 6.96. The highest BCUT2D eigenvalue weighted by Gasteiger charge is 2.36. The summed E-state index contributed by atoms with van der Waals surface area (Å²) >= 11 is 0. The van der Waals surface area contributed by atoms with Crippen LogP contribution in [0.2, 0.25) is 0 Å². The van der Waals surface area contributed by atoms with E-state index in [9.17, 15) is 4.79 Å². The standard InChI is InChI=1S/C20H25N5O/c21-20(26)17-11-22-12-19(23-17)25-10-8-18-16(14-25)7-4-9-24(18)13-15-5-2-1-3-6-15/h1-3,5-6,11-12,16,18H,4,7-10,13-14H2,(H2,21,26). The number of fused-ring (bicyclic) bond motifs is 1. The highest BCUT2D eigenvalue weighted by Crippen LogP contribution is 2.33. The molecule has 6 heteroatoms. The zero-order chi connectivity index (χ0) is 17.9. The number of carbonyl (C=O) groups excluding carboxylic acids is 1. The molecule has 0 spiro atoms. The molecule has 2 atom stereocenters. The van der Waals surface area contributed by atoms with Gasteiger partial charge in [0.25, 0.3) is 5.91 Å². The Hall–Kier alpha value is -2.47. The molecule has 26 heavy (non-hydrogen) atoms. The fraction of sp³-hybridized carbons (Fsp3) is 0.450. The van der Waals surface area contributed by atoms with Crippen molar-refractivity contribution < 1.29 is 4.79 Å². The molecule has 4 rings (SSSR count). The molecule has 0 bridgehead atoms. The SMILES string of the molecule is NC(=O)c1cncc(N2CCC3C(CCCN3Cc3ccccc3)C2)n1. The number of carbonyl (C=O) groups is 1. The number of rotatable bonds is 4. The number of hydrogen-bond donors (Lipinski definition) is 1. The first-order valence-electron chi connectivity index (χ1n) is 9.35. The highest BCUT2D eigenvalue weighted by atomic mass is 16.1. The fourth-order valence-corrected chi connectivity index (χ4v) is 4.36. The summed E-state index contributed by atoms with van der Waals surface area (Å²) in [7, 11) is 0. The van der Waals surface area contributed by atoms with Crippen LogP contribution in [0.4, 0.5) is 5.82 Å². The third kappa shape index (κ3) is 3.55. The van der Waals surface area contributed by atoms with Crippen LogP contribution in [0.15, 0.2) is 42.7 Å². The van der Waals surface area contributed by atoms with Crippen molar-refractivity contribution in [1.82, 2.24) is 14.9 Å². The van der Waals surface area contributed by atoms with Crippen molar-refractivity contribution in [2.75, 3.05) is 24.5 Å². The lowest BCUT2D eigenvalue weighted by molar-refractivity contribution is 0.0700. The van der Waals surface area contributed by atoms with Gasteiger partial charge in [0.05, 0.1) is 12.4 Å². The summed E-state index contributed by atoms with van der Waals surface area (Å²) in [5.74, 6) is 0.862. The largest absolute Gasteiger partial charge is 0.364 e. The first-order chi connectivity index (χ1) is 12.7. The number of benzene rings is 1. The van der Waals surface area contributed by atoms with Crippen molar-refractivity contribution >= 4 is 11.7 Å². The molecule has 3 heterocycles. The van der Waals surface area contributed by atoms with Gasteiger partial charge >= 0.3 is 0 Å². The molecule has 2 aromatic rings. The lowest BCUT2D eigenvalue weighted by Crippen LogP contribution is -2.54. The number of anilines is 1. The molecular weight excluding hydrogens is 326 g/mol. The average molecular weight is 351 g/mol. The molecule has 1 aromatic heterocycles. The van der Waals surface area contributed by atoms with Gasteiger partial charge in [-0.1, -0.05) is 30.3 Å². The van der Waals surface area contributed by atoms with E-state index in [-0.39, 0.29) is 5.69 Å². The van der Waals surface area contributed by atoms with Gasteiger partial charge in [-0.3, -0.25) is 14.7 Å². The molecule has 0 aliphatic carbocycles. The van der Waals surface area contributed by atoms with Gasteiger partial charge in [-0.05, 0) is 37.3 Å². The molecule has 6 nitrogen and oxygen atoms in total. The molecule has 2 aliphatic heterocycles. The Morgan fingerprint density at radius 3 is 2.81 bits per heavy atom. The van der Waals surface area contributed by atoms with E-state index in [2.05, 4.69) is 50.1 Å². The third-order valence-corrected chi connectivity index (χ3v) is 5.61. The fourth-order valence-electron chi connectivity index (χ4n) is 4.36. The number of piperidine rings is 2. The van der Waals surface area contributed by atoms with Crippen LogP contribution < -0.4 is 10.6 Å². The van der Waals surface area contributed by atoms with E-state index in [0.717, 1.165) is 31.9 Å². The maximum absolute atomic E-state index is 11.4. The summed E-state index contributed by atoms with van der Waals surface area (Å²) in [4.78, 5) is 24.8.